The van der Waals surface area contributed by atoms with E-state index in [4.69, 9.17) is 18.5 Å². The van der Waals surface area contributed by atoms with Crippen molar-refractivity contribution in [2.45, 2.75) is 58.4 Å². The Labute approximate surface area is 208 Å². The van der Waals surface area contributed by atoms with E-state index in [0.29, 0.717) is 18.8 Å². The molecule has 0 bridgehead atoms. The van der Waals surface area contributed by atoms with Crippen LogP contribution in [0.15, 0.2) is 42.6 Å². The van der Waals surface area contributed by atoms with Crippen molar-refractivity contribution in [2.75, 3.05) is 20.3 Å². The number of ether oxygens (including phenoxy) is 2. The van der Waals surface area contributed by atoms with E-state index in [1.807, 2.05) is 37.3 Å². The second-order valence-corrected chi connectivity index (χ2v) is 9.51. The molecule has 0 saturated carbocycles. The van der Waals surface area contributed by atoms with Crippen LogP contribution in [0.2, 0.25) is 0 Å². The standard InChI is InChI=1S/C24H36N3O7P/c1-5-6-14-31-24(30)19(3)26-35(34-20-10-8-7-9-11-20)32-16-21-15-18(2)23(33-21)27(4)13-12-22(29)25-17-28/h7-13,17-19,21,23,26H,5-6,14-16H2,1-4H3,(H,25,28,29)/b13-12-. The molecule has 2 rings (SSSR count). The molecule has 1 aromatic carbocycles. The van der Waals surface area contributed by atoms with Gasteiger partial charge in [0.05, 0.1) is 19.3 Å². The van der Waals surface area contributed by atoms with Crippen LogP contribution < -0.4 is 14.9 Å². The van der Waals surface area contributed by atoms with E-state index < -0.39 is 20.5 Å². The van der Waals surface area contributed by atoms with Crippen molar-refractivity contribution in [3.8, 4) is 5.75 Å². The Hall–Kier alpha value is -2.52. The average molecular weight is 510 g/mol. The molecule has 1 aromatic rings. The molecule has 0 spiro atoms. The van der Waals surface area contributed by atoms with Gasteiger partial charge >= 0.3 is 14.5 Å². The molecular formula is C24H36N3O7P. The Balaban J connectivity index is 1.93. The van der Waals surface area contributed by atoms with Gasteiger partial charge in [0, 0.05) is 25.2 Å². The molecule has 0 aromatic heterocycles. The number of benzene rings is 1. The minimum atomic E-state index is -1.65. The second-order valence-electron chi connectivity index (χ2n) is 8.30. The quantitative estimate of drug-likeness (QED) is 0.121. The first-order valence-electron chi connectivity index (χ1n) is 11.7. The predicted molar refractivity (Wildman–Crippen MR) is 132 cm³/mol. The average Bonchev–Trinajstić information content (AvgIpc) is 3.22. The van der Waals surface area contributed by atoms with Crippen molar-refractivity contribution in [3.05, 3.63) is 42.6 Å². The zero-order valence-electron chi connectivity index (χ0n) is 20.7. The van der Waals surface area contributed by atoms with E-state index in [-0.39, 0.29) is 30.8 Å². The van der Waals surface area contributed by atoms with Gasteiger partial charge in [-0.15, -0.1) is 0 Å². The third kappa shape index (κ3) is 10.3. The summed E-state index contributed by atoms with van der Waals surface area (Å²) >= 11 is 0. The van der Waals surface area contributed by atoms with Crippen LogP contribution in [-0.2, 0) is 28.4 Å². The number of nitrogens with zero attached hydrogens (tertiary/aromatic N) is 1. The molecule has 1 saturated heterocycles. The molecule has 194 valence electrons. The Bertz CT molecular complexity index is 827. The van der Waals surface area contributed by atoms with E-state index in [1.165, 1.54) is 6.08 Å². The number of hydrogen-bond acceptors (Lipinski definition) is 9. The van der Waals surface area contributed by atoms with Crippen LogP contribution in [0.1, 0.15) is 40.0 Å². The number of carbonyl (C=O) groups excluding carboxylic acids is 3. The van der Waals surface area contributed by atoms with E-state index in [2.05, 4.69) is 17.3 Å². The van der Waals surface area contributed by atoms with Crippen molar-refractivity contribution in [1.82, 2.24) is 15.3 Å². The Kier molecular flexibility index (Phi) is 12.7. The maximum atomic E-state index is 12.3. The van der Waals surface area contributed by atoms with Crippen LogP contribution in [-0.4, -0.2) is 61.8 Å². The summed E-state index contributed by atoms with van der Waals surface area (Å²) in [5.41, 5.74) is 0. The molecule has 2 amide bonds. The number of rotatable bonds is 15. The number of nitrogens with one attached hydrogen (secondary N) is 2. The fourth-order valence-corrected chi connectivity index (χ4v) is 4.59. The minimum absolute atomic E-state index is 0.175. The molecule has 35 heavy (non-hydrogen) atoms. The van der Waals surface area contributed by atoms with Gasteiger partial charge < -0.3 is 23.4 Å². The van der Waals surface area contributed by atoms with Gasteiger partial charge in [0.2, 0.25) is 6.41 Å². The van der Waals surface area contributed by atoms with Gasteiger partial charge in [-0.1, -0.05) is 38.5 Å². The number of amides is 2. The topological polar surface area (TPSA) is 115 Å². The normalized spacial score (nSPS) is 21.3. The molecule has 0 radical (unpaired) electrons. The molecule has 10 nitrogen and oxygen atoms in total. The first-order chi connectivity index (χ1) is 16.8. The van der Waals surface area contributed by atoms with Crippen LogP contribution in [0.5, 0.6) is 5.75 Å². The molecule has 0 aliphatic carbocycles. The summed E-state index contributed by atoms with van der Waals surface area (Å²) in [4.78, 5) is 35.9. The lowest BCUT2D eigenvalue weighted by molar-refractivity contribution is -0.145. The van der Waals surface area contributed by atoms with E-state index in [0.717, 1.165) is 19.3 Å². The number of carbonyl (C=O) groups is 3. The van der Waals surface area contributed by atoms with Gasteiger partial charge in [-0.2, -0.15) is 0 Å². The molecule has 1 aliphatic rings. The van der Waals surface area contributed by atoms with Gasteiger partial charge in [-0.3, -0.25) is 19.7 Å². The molecule has 2 N–H and O–H groups in total. The zero-order chi connectivity index (χ0) is 25.6. The monoisotopic (exact) mass is 509 g/mol. The highest BCUT2D eigenvalue weighted by Crippen LogP contribution is 2.38. The summed E-state index contributed by atoms with van der Waals surface area (Å²) in [7, 11) is 0.148. The highest BCUT2D eigenvalue weighted by atomic mass is 31.2. The van der Waals surface area contributed by atoms with Crippen LogP contribution in [0, 0.1) is 5.92 Å². The lowest BCUT2D eigenvalue weighted by atomic mass is 10.1. The van der Waals surface area contributed by atoms with Crippen molar-refractivity contribution in [1.29, 1.82) is 0 Å². The van der Waals surface area contributed by atoms with E-state index >= 15 is 0 Å². The van der Waals surface area contributed by atoms with Crippen molar-refractivity contribution in [2.24, 2.45) is 5.92 Å². The zero-order valence-corrected chi connectivity index (χ0v) is 21.6. The van der Waals surface area contributed by atoms with Crippen LogP contribution >= 0.6 is 8.53 Å². The van der Waals surface area contributed by atoms with Crippen molar-refractivity contribution < 1.29 is 32.9 Å². The third-order valence-electron chi connectivity index (χ3n) is 5.22. The summed E-state index contributed by atoms with van der Waals surface area (Å²) in [6.45, 7) is 6.44. The first-order valence-corrected chi connectivity index (χ1v) is 12.9. The van der Waals surface area contributed by atoms with Crippen molar-refractivity contribution in [3.63, 3.8) is 0 Å². The fraction of sp³-hybridized carbons (Fsp3) is 0.542. The van der Waals surface area contributed by atoms with Gasteiger partial charge in [0.1, 0.15) is 18.0 Å². The van der Waals surface area contributed by atoms with Gasteiger partial charge in [0.15, 0.2) is 0 Å². The largest absolute Gasteiger partial charge is 0.465 e. The fourth-order valence-electron chi connectivity index (χ4n) is 3.37. The number of esters is 1. The summed E-state index contributed by atoms with van der Waals surface area (Å²) in [5, 5.41) is 5.16. The maximum Gasteiger partial charge on any atom is 0.323 e. The molecular weight excluding hydrogens is 473 g/mol. The minimum Gasteiger partial charge on any atom is -0.465 e. The van der Waals surface area contributed by atoms with Crippen LogP contribution in [0.4, 0.5) is 0 Å². The summed E-state index contributed by atoms with van der Waals surface area (Å²) in [6, 6.07) is 8.63. The number of para-hydroxylation sites is 1. The lowest BCUT2D eigenvalue weighted by Crippen LogP contribution is -2.34. The highest BCUT2D eigenvalue weighted by molar-refractivity contribution is 7.45. The van der Waals surface area contributed by atoms with Crippen molar-refractivity contribution >= 4 is 26.8 Å². The van der Waals surface area contributed by atoms with Gasteiger partial charge in [-0.05, 0) is 31.9 Å². The predicted octanol–water partition coefficient (Wildman–Crippen LogP) is 3.10. The summed E-state index contributed by atoms with van der Waals surface area (Å²) in [5.74, 6) is -0.0673. The molecule has 5 unspecified atom stereocenters. The lowest BCUT2D eigenvalue weighted by Gasteiger charge is -2.26. The van der Waals surface area contributed by atoms with Crippen LogP contribution in [0.25, 0.3) is 0 Å². The number of imide groups is 1. The molecule has 1 fully saturated rings. The number of unbranched alkanes of at least 4 members (excludes halogenated alkanes) is 1. The third-order valence-corrected chi connectivity index (χ3v) is 6.58. The smallest absolute Gasteiger partial charge is 0.323 e. The second kappa shape index (κ2) is 15.5. The molecule has 1 aliphatic heterocycles. The Morgan fingerprint density at radius 2 is 2.06 bits per heavy atom. The molecule has 1 heterocycles. The summed E-state index contributed by atoms with van der Waals surface area (Å²) in [6.07, 6.45) is 5.22. The SMILES string of the molecule is CCCCOC(=O)C(C)NP(OCC1CC(C)C(N(C)/C=C\C(=O)NC=O)O1)Oc1ccccc1. The van der Waals surface area contributed by atoms with E-state index in [9.17, 15) is 14.4 Å². The number of hydrogen-bond donors (Lipinski definition) is 2. The van der Waals surface area contributed by atoms with E-state index in [1.54, 1.807) is 25.1 Å². The first kappa shape index (κ1) is 28.7. The van der Waals surface area contributed by atoms with Gasteiger partial charge in [-0.25, -0.2) is 5.09 Å². The molecule has 5 atom stereocenters. The summed E-state index contributed by atoms with van der Waals surface area (Å²) < 4.78 is 23.5. The van der Waals surface area contributed by atoms with Crippen LogP contribution in [0.3, 0.4) is 0 Å². The Morgan fingerprint density at radius 1 is 1.31 bits per heavy atom. The maximum absolute atomic E-state index is 12.3. The highest BCUT2D eigenvalue weighted by Gasteiger charge is 2.35. The Morgan fingerprint density at radius 3 is 2.74 bits per heavy atom. The molecule has 11 heteroatoms. The van der Waals surface area contributed by atoms with Gasteiger partial charge in [0.25, 0.3) is 5.91 Å².